The quantitative estimate of drug-likeness (QED) is 0.681. The highest BCUT2D eigenvalue weighted by atomic mass is 32.2. The molecular formula is C21H26N4O2S. The highest BCUT2D eigenvalue weighted by Crippen LogP contribution is 2.27. The van der Waals surface area contributed by atoms with Gasteiger partial charge in [-0.05, 0) is 58.4 Å². The summed E-state index contributed by atoms with van der Waals surface area (Å²) < 4.78 is 16.9. The summed E-state index contributed by atoms with van der Waals surface area (Å²) in [6.07, 6.45) is 1.68. The van der Waals surface area contributed by atoms with Gasteiger partial charge in [0.25, 0.3) is 5.56 Å². The van der Waals surface area contributed by atoms with E-state index in [9.17, 15) is 9.35 Å². The van der Waals surface area contributed by atoms with Crippen LogP contribution in [0.2, 0.25) is 0 Å². The van der Waals surface area contributed by atoms with Crippen LogP contribution in [0.4, 0.5) is 0 Å². The van der Waals surface area contributed by atoms with Crippen LogP contribution in [0.5, 0.6) is 0 Å². The van der Waals surface area contributed by atoms with Gasteiger partial charge in [0, 0.05) is 30.2 Å². The number of fused-ring (bicyclic) bond motifs is 1. The molecule has 3 rings (SSSR count). The number of nitrogens with one attached hydrogen (secondary N) is 1. The summed E-state index contributed by atoms with van der Waals surface area (Å²) in [6, 6.07) is 9.13. The molecule has 2 atom stereocenters. The Morgan fingerprint density at radius 2 is 1.96 bits per heavy atom. The summed E-state index contributed by atoms with van der Waals surface area (Å²) in [5, 5.41) is 0.548. The van der Waals surface area contributed by atoms with Crippen LogP contribution < -0.4 is 10.3 Å². The zero-order valence-corrected chi connectivity index (χ0v) is 17.9. The number of benzene rings is 1. The highest BCUT2D eigenvalue weighted by molar-refractivity contribution is 7.90. The van der Waals surface area contributed by atoms with Crippen LogP contribution in [-0.4, -0.2) is 23.8 Å². The number of aromatic nitrogens is 3. The van der Waals surface area contributed by atoms with Crippen molar-refractivity contribution in [2.24, 2.45) is 7.05 Å². The molecule has 1 aromatic carbocycles. The smallest absolute Gasteiger partial charge is 0.261 e. The van der Waals surface area contributed by atoms with E-state index in [4.69, 9.17) is 4.98 Å². The van der Waals surface area contributed by atoms with E-state index in [1.54, 1.807) is 13.2 Å². The predicted octanol–water partition coefficient (Wildman–Crippen LogP) is 3.42. The molecule has 1 N–H and O–H groups in total. The van der Waals surface area contributed by atoms with Gasteiger partial charge >= 0.3 is 0 Å². The normalized spacial score (nSPS) is 14.2. The van der Waals surface area contributed by atoms with E-state index in [0.29, 0.717) is 22.4 Å². The van der Waals surface area contributed by atoms with Crippen molar-refractivity contribution >= 4 is 22.3 Å². The zero-order valence-electron chi connectivity index (χ0n) is 17.1. The van der Waals surface area contributed by atoms with Gasteiger partial charge in [-0.3, -0.25) is 14.3 Å². The largest absolute Gasteiger partial charge is 0.598 e. The maximum Gasteiger partial charge on any atom is 0.261 e. The molecule has 0 radical (unpaired) electrons. The van der Waals surface area contributed by atoms with E-state index < -0.39 is 16.1 Å². The standard InChI is InChI=1S/C21H26N4O2S/c1-13-11-15(14(2)24-28(27)21(3,4)5)18-16(12-13)20(26)25(6)19(23-18)17-9-7-8-10-22-17/h7-12,14,24H,1-6H3/t14?,28-/m1/s1. The van der Waals surface area contributed by atoms with Gasteiger partial charge in [0.05, 0.1) is 16.9 Å². The van der Waals surface area contributed by atoms with E-state index in [-0.39, 0.29) is 11.6 Å². The fourth-order valence-corrected chi connectivity index (χ4v) is 3.81. The zero-order chi connectivity index (χ0) is 20.6. The summed E-state index contributed by atoms with van der Waals surface area (Å²) in [6.45, 7) is 9.65. The van der Waals surface area contributed by atoms with Gasteiger partial charge in [-0.1, -0.05) is 12.1 Å². The average molecular weight is 399 g/mol. The molecule has 0 bridgehead atoms. The van der Waals surface area contributed by atoms with Crippen LogP contribution in [0, 0.1) is 6.92 Å². The fourth-order valence-electron chi connectivity index (χ4n) is 3.01. The molecule has 0 saturated heterocycles. The van der Waals surface area contributed by atoms with Crippen LogP contribution in [-0.2, 0) is 18.4 Å². The topological polar surface area (TPSA) is 82.9 Å². The van der Waals surface area contributed by atoms with Gasteiger partial charge in [-0.25, -0.2) is 4.98 Å². The second-order valence-corrected chi connectivity index (χ2v) is 9.98. The Kier molecular flexibility index (Phi) is 5.61. The number of pyridine rings is 1. The van der Waals surface area contributed by atoms with Gasteiger partial charge in [-0.2, -0.15) is 0 Å². The van der Waals surface area contributed by atoms with Gasteiger partial charge in [0.15, 0.2) is 5.82 Å². The third-order valence-electron chi connectivity index (χ3n) is 4.55. The van der Waals surface area contributed by atoms with Crippen molar-refractivity contribution in [2.45, 2.75) is 45.4 Å². The molecule has 0 spiro atoms. The lowest BCUT2D eigenvalue weighted by atomic mass is 10.0. The minimum atomic E-state index is -1.24. The molecule has 0 saturated carbocycles. The fraction of sp³-hybridized carbons (Fsp3) is 0.381. The van der Waals surface area contributed by atoms with E-state index in [1.165, 1.54) is 4.57 Å². The van der Waals surface area contributed by atoms with Crippen LogP contribution in [0.15, 0.2) is 41.3 Å². The average Bonchev–Trinajstić information content (AvgIpc) is 2.64. The molecular weight excluding hydrogens is 372 g/mol. The molecule has 0 aliphatic carbocycles. The minimum absolute atomic E-state index is 0.125. The number of aryl methyl sites for hydroxylation is 1. The van der Waals surface area contributed by atoms with Crippen LogP contribution >= 0.6 is 0 Å². The molecule has 7 heteroatoms. The van der Waals surface area contributed by atoms with Crippen molar-refractivity contribution in [3.8, 4) is 11.5 Å². The first kappa shape index (κ1) is 20.5. The Morgan fingerprint density at radius 3 is 2.57 bits per heavy atom. The van der Waals surface area contributed by atoms with E-state index in [2.05, 4.69) is 9.71 Å². The van der Waals surface area contributed by atoms with E-state index in [1.807, 2.05) is 65.0 Å². The second-order valence-electron chi connectivity index (χ2n) is 7.99. The van der Waals surface area contributed by atoms with E-state index in [0.717, 1.165) is 11.1 Å². The summed E-state index contributed by atoms with van der Waals surface area (Å²) >= 11 is -1.24. The number of rotatable bonds is 4. The molecule has 2 heterocycles. The number of hydrogen-bond acceptors (Lipinski definition) is 5. The first-order valence-corrected chi connectivity index (χ1v) is 10.4. The maximum atomic E-state index is 13.0. The van der Waals surface area contributed by atoms with Crippen molar-refractivity contribution < 1.29 is 4.55 Å². The summed E-state index contributed by atoms with van der Waals surface area (Å²) in [5.74, 6) is 0.507. The molecule has 28 heavy (non-hydrogen) atoms. The molecule has 0 amide bonds. The Balaban J connectivity index is 2.21. The van der Waals surface area contributed by atoms with Crippen molar-refractivity contribution in [1.29, 1.82) is 0 Å². The molecule has 0 aliphatic heterocycles. The molecule has 148 valence electrons. The Bertz CT molecular complexity index is 1060. The lowest BCUT2D eigenvalue weighted by molar-refractivity contribution is 0.531. The molecule has 2 aromatic heterocycles. The summed E-state index contributed by atoms with van der Waals surface area (Å²) in [5.41, 5.74) is 2.93. The first-order valence-electron chi connectivity index (χ1n) is 9.20. The van der Waals surface area contributed by atoms with Crippen LogP contribution in [0.25, 0.3) is 22.4 Å². The molecule has 6 nitrogen and oxygen atoms in total. The first-order chi connectivity index (χ1) is 13.1. The Hall–Kier alpha value is -2.22. The predicted molar refractivity (Wildman–Crippen MR) is 114 cm³/mol. The SMILES string of the molecule is Cc1cc(C(C)N[S@+]([O-])C(C)(C)C)c2nc(-c3ccccn3)n(C)c(=O)c2c1. The third kappa shape index (κ3) is 3.97. The van der Waals surface area contributed by atoms with Crippen molar-refractivity contribution in [2.75, 3.05) is 0 Å². The Labute approximate surface area is 168 Å². The van der Waals surface area contributed by atoms with Crippen molar-refractivity contribution in [3.63, 3.8) is 0 Å². The van der Waals surface area contributed by atoms with Crippen molar-refractivity contribution in [3.05, 3.63) is 58.0 Å². The molecule has 0 fully saturated rings. The molecule has 1 unspecified atom stereocenters. The van der Waals surface area contributed by atoms with E-state index >= 15 is 0 Å². The maximum absolute atomic E-state index is 13.0. The number of nitrogens with zero attached hydrogens (tertiary/aromatic N) is 3. The summed E-state index contributed by atoms with van der Waals surface area (Å²) in [7, 11) is 1.71. The Morgan fingerprint density at radius 1 is 1.25 bits per heavy atom. The van der Waals surface area contributed by atoms with Gasteiger partial charge in [0.2, 0.25) is 0 Å². The van der Waals surface area contributed by atoms with Crippen molar-refractivity contribution in [1.82, 2.24) is 19.3 Å². The minimum Gasteiger partial charge on any atom is -0.598 e. The third-order valence-corrected chi connectivity index (χ3v) is 6.23. The monoisotopic (exact) mass is 398 g/mol. The second kappa shape index (κ2) is 7.66. The van der Waals surface area contributed by atoms with Gasteiger partial charge < -0.3 is 4.55 Å². The summed E-state index contributed by atoms with van der Waals surface area (Å²) in [4.78, 5) is 22.2. The van der Waals surface area contributed by atoms with Gasteiger partial charge in [-0.15, -0.1) is 4.72 Å². The van der Waals surface area contributed by atoms with Crippen LogP contribution in [0.1, 0.15) is 44.9 Å². The van der Waals surface area contributed by atoms with Gasteiger partial charge in [0.1, 0.15) is 10.4 Å². The highest BCUT2D eigenvalue weighted by Gasteiger charge is 2.29. The lowest BCUT2D eigenvalue weighted by Crippen LogP contribution is -2.40. The molecule has 0 aliphatic rings. The van der Waals surface area contributed by atoms with Crippen LogP contribution in [0.3, 0.4) is 0 Å². The number of hydrogen-bond donors (Lipinski definition) is 1. The molecule has 3 aromatic rings. The lowest BCUT2D eigenvalue weighted by Gasteiger charge is -2.27.